The first-order valence-electron chi connectivity index (χ1n) is 8.00. The van der Waals surface area contributed by atoms with E-state index >= 15 is 0 Å². The van der Waals surface area contributed by atoms with Crippen molar-refractivity contribution in [2.75, 3.05) is 14.2 Å². The van der Waals surface area contributed by atoms with Gasteiger partial charge < -0.3 is 9.47 Å². The molecular weight excluding hydrogens is 350 g/mol. The topological polar surface area (TPSA) is 48.7 Å². The SMILES string of the molecule is COc1cc(OC)cc(-c2cnc3cnc(-c4ccc(Cl)cc4)cn23)c1. The normalized spacial score (nSPS) is 10.9. The minimum Gasteiger partial charge on any atom is -0.497 e. The summed E-state index contributed by atoms with van der Waals surface area (Å²) in [4.78, 5) is 8.96. The highest BCUT2D eigenvalue weighted by Crippen LogP contribution is 2.31. The molecule has 5 nitrogen and oxygen atoms in total. The molecule has 0 saturated heterocycles. The van der Waals surface area contributed by atoms with E-state index in [2.05, 4.69) is 9.97 Å². The van der Waals surface area contributed by atoms with Gasteiger partial charge >= 0.3 is 0 Å². The summed E-state index contributed by atoms with van der Waals surface area (Å²) in [6, 6.07) is 13.3. The highest BCUT2D eigenvalue weighted by Gasteiger charge is 2.11. The molecule has 2 aromatic heterocycles. The minimum atomic E-state index is 0.696. The summed E-state index contributed by atoms with van der Waals surface area (Å²) in [5.74, 6) is 1.45. The number of hydrogen-bond acceptors (Lipinski definition) is 4. The third-order valence-electron chi connectivity index (χ3n) is 4.18. The van der Waals surface area contributed by atoms with Crippen LogP contribution < -0.4 is 9.47 Å². The quantitative estimate of drug-likeness (QED) is 0.524. The van der Waals surface area contributed by atoms with Crippen LogP contribution in [0.1, 0.15) is 0 Å². The van der Waals surface area contributed by atoms with Gasteiger partial charge in [0, 0.05) is 28.4 Å². The van der Waals surface area contributed by atoms with Crippen molar-refractivity contribution in [2.45, 2.75) is 0 Å². The van der Waals surface area contributed by atoms with E-state index in [4.69, 9.17) is 21.1 Å². The van der Waals surface area contributed by atoms with Crippen molar-refractivity contribution in [3.8, 4) is 34.0 Å². The lowest BCUT2D eigenvalue weighted by Gasteiger charge is -2.09. The molecule has 0 spiro atoms. The molecule has 6 heteroatoms. The molecule has 26 heavy (non-hydrogen) atoms. The molecule has 0 aliphatic heterocycles. The zero-order chi connectivity index (χ0) is 18.1. The van der Waals surface area contributed by atoms with Crippen LogP contribution >= 0.6 is 11.6 Å². The van der Waals surface area contributed by atoms with E-state index < -0.39 is 0 Å². The van der Waals surface area contributed by atoms with Crippen LogP contribution in [0.15, 0.2) is 61.1 Å². The van der Waals surface area contributed by atoms with Crippen LogP contribution in [0.3, 0.4) is 0 Å². The fourth-order valence-electron chi connectivity index (χ4n) is 2.83. The molecule has 0 saturated carbocycles. The smallest absolute Gasteiger partial charge is 0.155 e. The van der Waals surface area contributed by atoms with E-state index in [0.29, 0.717) is 5.02 Å². The Bertz CT molecular complexity index is 1050. The predicted molar refractivity (Wildman–Crippen MR) is 102 cm³/mol. The summed E-state index contributed by atoms with van der Waals surface area (Å²) in [7, 11) is 3.27. The third kappa shape index (κ3) is 2.97. The van der Waals surface area contributed by atoms with Crippen LogP contribution in [0.2, 0.25) is 5.02 Å². The first-order chi connectivity index (χ1) is 12.7. The Hall–Kier alpha value is -3.05. The molecule has 4 rings (SSSR count). The second kappa shape index (κ2) is 6.69. The molecule has 4 aromatic rings. The summed E-state index contributed by atoms with van der Waals surface area (Å²) in [5, 5.41) is 0.696. The molecule has 2 heterocycles. The maximum absolute atomic E-state index is 5.98. The summed E-state index contributed by atoms with van der Waals surface area (Å²) in [6.45, 7) is 0. The van der Waals surface area contributed by atoms with Gasteiger partial charge in [-0.3, -0.25) is 9.38 Å². The Balaban J connectivity index is 1.86. The fraction of sp³-hybridized carbons (Fsp3) is 0.100. The Morgan fingerprint density at radius 1 is 0.846 bits per heavy atom. The standard InChI is InChI=1S/C20H16ClN3O2/c1-25-16-7-14(8-17(9-16)26-2)19-10-23-20-11-22-18(12-24(19)20)13-3-5-15(21)6-4-13/h3-12H,1-2H3. The molecule has 0 unspecified atom stereocenters. The van der Waals surface area contributed by atoms with Gasteiger partial charge in [0.15, 0.2) is 5.65 Å². The minimum absolute atomic E-state index is 0.696. The van der Waals surface area contributed by atoms with E-state index in [0.717, 1.165) is 39.7 Å². The number of ether oxygens (including phenoxy) is 2. The lowest BCUT2D eigenvalue weighted by molar-refractivity contribution is 0.394. The van der Waals surface area contributed by atoms with Crippen LogP contribution in [-0.2, 0) is 0 Å². The first-order valence-corrected chi connectivity index (χ1v) is 8.38. The number of imidazole rings is 1. The Morgan fingerprint density at radius 3 is 2.19 bits per heavy atom. The summed E-state index contributed by atoms with van der Waals surface area (Å²) < 4.78 is 12.8. The average molecular weight is 366 g/mol. The number of benzene rings is 2. The van der Waals surface area contributed by atoms with Gasteiger partial charge in [0.2, 0.25) is 0 Å². The lowest BCUT2D eigenvalue weighted by atomic mass is 10.1. The molecule has 0 aliphatic rings. The van der Waals surface area contributed by atoms with Crippen molar-refractivity contribution in [1.82, 2.24) is 14.4 Å². The van der Waals surface area contributed by atoms with Crippen LogP contribution in [0.25, 0.3) is 28.2 Å². The average Bonchev–Trinajstić information content (AvgIpc) is 3.11. The number of fused-ring (bicyclic) bond motifs is 1. The predicted octanol–water partition coefficient (Wildman–Crippen LogP) is 4.73. The van der Waals surface area contributed by atoms with Crippen LogP contribution in [-0.4, -0.2) is 28.6 Å². The molecule has 130 valence electrons. The summed E-state index contributed by atoms with van der Waals surface area (Å²) in [6.07, 6.45) is 5.54. The molecule has 0 aliphatic carbocycles. The van der Waals surface area contributed by atoms with Gasteiger partial charge in [-0.2, -0.15) is 0 Å². The molecule has 0 bridgehead atoms. The molecule has 0 amide bonds. The van der Waals surface area contributed by atoms with Crippen molar-refractivity contribution in [3.05, 3.63) is 66.1 Å². The fourth-order valence-corrected chi connectivity index (χ4v) is 2.95. The van der Waals surface area contributed by atoms with Gasteiger partial charge in [0.05, 0.1) is 38.0 Å². The molecule has 2 aromatic carbocycles. The zero-order valence-corrected chi connectivity index (χ0v) is 15.1. The Kier molecular flexibility index (Phi) is 4.22. The number of halogens is 1. The Labute approximate surface area is 155 Å². The molecule has 0 N–H and O–H groups in total. The van der Waals surface area contributed by atoms with Gasteiger partial charge in [-0.1, -0.05) is 23.7 Å². The van der Waals surface area contributed by atoms with Gasteiger partial charge in [0.1, 0.15) is 11.5 Å². The summed E-state index contributed by atoms with van der Waals surface area (Å²) >= 11 is 5.98. The maximum Gasteiger partial charge on any atom is 0.155 e. The van der Waals surface area contributed by atoms with Crippen molar-refractivity contribution < 1.29 is 9.47 Å². The van der Waals surface area contributed by atoms with E-state index in [9.17, 15) is 0 Å². The van der Waals surface area contributed by atoms with E-state index in [1.807, 2.05) is 59.3 Å². The maximum atomic E-state index is 5.98. The van der Waals surface area contributed by atoms with Crippen LogP contribution in [0.4, 0.5) is 0 Å². The second-order valence-electron chi connectivity index (χ2n) is 5.75. The number of nitrogens with zero attached hydrogens (tertiary/aromatic N) is 3. The van der Waals surface area contributed by atoms with Crippen molar-refractivity contribution in [2.24, 2.45) is 0 Å². The summed E-state index contributed by atoms with van der Waals surface area (Å²) in [5.41, 5.74) is 4.46. The van der Waals surface area contributed by atoms with E-state index in [1.54, 1.807) is 20.4 Å². The van der Waals surface area contributed by atoms with Crippen molar-refractivity contribution >= 4 is 17.2 Å². The number of rotatable bonds is 4. The van der Waals surface area contributed by atoms with Crippen LogP contribution in [0.5, 0.6) is 11.5 Å². The highest BCUT2D eigenvalue weighted by atomic mass is 35.5. The monoisotopic (exact) mass is 365 g/mol. The zero-order valence-electron chi connectivity index (χ0n) is 14.3. The third-order valence-corrected chi connectivity index (χ3v) is 4.44. The van der Waals surface area contributed by atoms with Gasteiger partial charge in [0.25, 0.3) is 0 Å². The molecule has 0 fully saturated rings. The number of aromatic nitrogens is 3. The lowest BCUT2D eigenvalue weighted by Crippen LogP contribution is -1.94. The van der Waals surface area contributed by atoms with Crippen molar-refractivity contribution in [3.63, 3.8) is 0 Å². The van der Waals surface area contributed by atoms with E-state index in [-0.39, 0.29) is 0 Å². The van der Waals surface area contributed by atoms with Gasteiger partial charge in [-0.05, 0) is 24.3 Å². The number of hydrogen-bond donors (Lipinski definition) is 0. The highest BCUT2D eigenvalue weighted by molar-refractivity contribution is 6.30. The number of methoxy groups -OCH3 is 2. The molecule has 0 radical (unpaired) electrons. The van der Waals surface area contributed by atoms with Crippen LogP contribution in [0, 0.1) is 0 Å². The van der Waals surface area contributed by atoms with Crippen molar-refractivity contribution in [1.29, 1.82) is 0 Å². The largest absolute Gasteiger partial charge is 0.497 e. The van der Waals surface area contributed by atoms with E-state index in [1.165, 1.54) is 0 Å². The van der Waals surface area contributed by atoms with Gasteiger partial charge in [-0.25, -0.2) is 4.98 Å². The Morgan fingerprint density at radius 2 is 1.54 bits per heavy atom. The second-order valence-corrected chi connectivity index (χ2v) is 6.19. The van der Waals surface area contributed by atoms with Gasteiger partial charge in [-0.15, -0.1) is 0 Å². The molecule has 0 atom stereocenters. The first kappa shape index (κ1) is 16.4. The molecular formula is C20H16ClN3O2.